The molecule has 138 valence electrons. The molecule has 0 aliphatic carbocycles. The molecule has 1 heterocycles. The number of nitrogens with zero attached hydrogens (tertiary/aromatic N) is 1. The minimum Gasteiger partial charge on any atom is -0.481 e. The first-order chi connectivity index (χ1) is 12.6. The Bertz CT molecular complexity index is 744. The van der Waals surface area contributed by atoms with Gasteiger partial charge in [-0.2, -0.15) is 0 Å². The van der Waals surface area contributed by atoms with Gasteiger partial charge < -0.3 is 10.1 Å². The Labute approximate surface area is 160 Å². The number of likely N-dealkylation sites (tertiary alicyclic amines) is 1. The standard InChI is InChI=1S/C21H25ClN2O2/c1-16(26-20-10-6-8-18(22)14-20)21(25)23-19-9-5-7-17(13-19)15-24-11-3-2-4-12-24/h5-10,13-14,16H,2-4,11-12,15H2,1H3,(H,23,25). The van der Waals surface area contributed by atoms with Gasteiger partial charge in [-0.3, -0.25) is 9.69 Å². The Morgan fingerprint density at radius 2 is 1.92 bits per heavy atom. The van der Waals surface area contributed by atoms with Gasteiger partial charge in [0.2, 0.25) is 0 Å². The Kier molecular flexibility index (Phi) is 6.53. The molecule has 5 heteroatoms. The van der Waals surface area contributed by atoms with Crippen molar-refractivity contribution >= 4 is 23.2 Å². The summed E-state index contributed by atoms with van der Waals surface area (Å²) in [5.74, 6) is 0.402. The van der Waals surface area contributed by atoms with E-state index in [1.807, 2.05) is 18.2 Å². The number of ether oxygens (including phenoxy) is 1. The molecule has 1 aliphatic rings. The van der Waals surface area contributed by atoms with E-state index >= 15 is 0 Å². The zero-order valence-corrected chi connectivity index (χ0v) is 15.8. The van der Waals surface area contributed by atoms with E-state index in [9.17, 15) is 4.79 Å². The van der Waals surface area contributed by atoms with Crippen molar-refractivity contribution in [3.8, 4) is 5.75 Å². The lowest BCUT2D eigenvalue weighted by molar-refractivity contribution is -0.122. The number of benzene rings is 2. The molecule has 4 nitrogen and oxygen atoms in total. The molecule has 2 aromatic carbocycles. The van der Waals surface area contributed by atoms with Gasteiger partial charge in [0.25, 0.3) is 5.91 Å². The largest absolute Gasteiger partial charge is 0.481 e. The van der Waals surface area contributed by atoms with Crippen LogP contribution in [0.15, 0.2) is 48.5 Å². The van der Waals surface area contributed by atoms with Crippen molar-refractivity contribution in [3.63, 3.8) is 0 Å². The van der Waals surface area contributed by atoms with E-state index in [1.54, 1.807) is 31.2 Å². The summed E-state index contributed by atoms with van der Waals surface area (Å²) >= 11 is 5.95. The van der Waals surface area contributed by atoms with Gasteiger partial charge >= 0.3 is 0 Å². The number of rotatable bonds is 6. The monoisotopic (exact) mass is 372 g/mol. The fraction of sp³-hybridized carbons (Fsp3) is 0.381. The number of nitrogens with one attached hydrogen (secondary N) is 1. The van der Waals surface area contributed by atoms with E-state index in [0.29, 0.717) is 10.8 Å². The number of hydrogen-bond acceptors (Lipinski definition) is 3. The molecule has 1 atom stereocenters. The quantitative estimate of drug-likeness (QED) is 0.796. The zero-order chi connectivity index (χ0) is 18.4. The lowest BCUT2D eigenvalue weighted by atomic mass is 10.1. The molecule has 1 fully saturated rings. The molecule has 0 aromatic heterocycles. The molecule has 1 saturated heterocycles. The third-order valence-electron chi connectivity index (χ3n) is 4.53. The predicted molar refractivity (Wildman–Crippen MR) is 106 cm³/mol. The van der Waals surface area contributed by atoms with Crippen LogP contribution in [0.25, 0.3) is 0 Å². The van der Waals surface area contributed by atoms with Crippen molar-refractivity contribution in [1.82, 2.24) is 4.90 Å². The van der Waals surface area contributed by atoms with Crippen LogP contribution in [0.4, 0.5) is 5.69 Å². The van der Waals surface area contributed by atoms with Gasteiger partial charge in [0.15, 0.2) is 6.10 Å². The van der Waals surface area contributed by atoms with Crippen molar-refractivity contribution in [3.05, 3.63) is 59.1 Å². The van der Waals surface area contributed by atoms with Crippen LogP contribution in [0.5, 0.6) is 5.75 Å². The summed E-state index contributed by atoms with van der Waals surface area (Å²) in [7, 11) is 0. The molecule has 1 N–H and O–H groups in total. The Morgan fingerprint density at radius 3 is 2.69 bits per heavy atom. The molecule has 0 radical (unpaired) electrons. The summed E-state index contributed by atoms with van der Waals surface area (Å²) in [6.07, 6.45) is 3.26. The Balaban J connectivity index is 1.57. The average Bonchev–Trinajstić information content (AvgIpc) is 2.63. The van der Waals surface area contributed by atoms with Crippen LogP contribution in [0.2, 0.25) is 5.02 Å². The highest BCUT2D eigenvalue weighted by molar-refractivity contribution is 6.30. The molecule has 26 heavy (non-hydrogen) atoms. The smallest absolute Gasteiger partial charge is 0.265 e. The first kappa shape index (κ1) is 18.7. The van der Waals surface area contributed by atoms with Crippen LogP contribution in [-0.2, 0) is 11.3 Å². The molecule has 0 bridgehead atoms. The summed E-state index contributed by atoms with van der Waals surface area (Å²) < 4.78 is 5.68. The van der Waals surface area contributed by atoms with Crippen molar-refractivity contribution in [2.75, 3.05) is 18.4 Å². The van der Waals surface area contributed by atoms with Crippen molar-refractivity contribution < 1.29 is 9.53 Å². The van der Waals surface area contributed by atoms with Gasteiger partial charge in [0, 0.05) is 17.3 Å². The number of hydrogen-bond donors (Lipinski definition) is 1. The maximum absolute atomic E-state index is 12.4. The van der Waals surface area contributed by atoms with Crippen LogP contribution in [0, 0.1) is 0 Å². The molecular formula is C21H25ClN2O2. The van der Waals surface area contributed by atoms with Gasteiger partial charge in [0.1, 0.15) is 5.75 Å². The third-order valence-corrected chi connectivity index (χ3v) is 4.76. The van der Waals surface area contributed by atoms with E-state index in [1.165, 1.54) is 24.8 Å². The molecule has 1 unspecified atom stereocenters. The number of carbonyl (C=O) groups excluding carboxylic acids is 1. The molecule has 0 saturated carbocycles. The van der Waals surface area contributed by atoms with Crippen molar-refractivity contribution in [1.29, 1.82) is 0 Å². The lowest BCUT2D eigenvalue weighted by Crippen LogP contribution is -2.30. The maximum Gasteiger partial charge on any atom is 0.265 e. The second-order valence-electron chi connectivity index (χ2n) is 6.74. The summed E-state index contributed by atoms with van der Waals surface area (Å²) in [5, 5.41) is 3.52. The summed E-state index contributed by atoms with van der Waals surface area (Å²) in [5.41, 5.74) is 2.01. The summed E-state index contributed by atoms with van der Waals surface area (Å²) in [6, 6.07) is 15.1. The highest BCUT2D eigenvalue weighted by atomic mass is 35.5. The normalized spacial score (nSPS) is 16.1. The predicted octanol–water partition coefficient (Wildman–Crippen LogP) is 4.73. The molecule has 2 aromatic rings. The number of amides is 1. The van der Waals surface area contributed by atoms with Gasteiger partial charge in [0.05, 0.1) is 0 Å². The van der Waals surface area contributed by atoms with Crippen LogP contribution in [0.3, 0.4) is 0 Å². The molecular weight excluding hydrogens is 348 g/mol. The fourth-order valence-electron chi connectivity index (χ4n) is 3.16. The second-order valence-corrected chi connectivity index (χ2v) is 7.18. The highest BCUT2D eigenvalue weighted by Crippen LogP contribution is 2.20. The van der Waals surface area contributed by atoms with Crippen LogP contribution in [-0.4, -0.2) is 30.0 Å². The minimum atomic E-state index is -0.612. The first-order valence-electron chi connectivity index (χ1n) is 9.14. The SMILES string of the molecule is CC(Oc1cccc(Cl)c1)C(=O)Nc1cccc(CN2CCCCC2)c1. The van der Waals surface area contributed by atoms with Crippen LogP contribution < -0.4 is 10.1 Å². The first-order valence-corrected chi connectivity index (χ1v) is 9.52. The van der Waals surface area contributed by atoms with Crippen molar-refractivity contribution in [2.45, 2.75) is 38.8 Å². The lowest BCUT2D eigenvalue weighted by Gasteiger charge is -2.26. The Morgan fingerprint density at radius 1 is 1.15 bits per heavy atom. The van der Waals surface area contributed by atoms with E-state index in [-0.39, 0.29) is 5.91 Å². The van der Waals surface area contributed by atoms with Crippen molar-refractivity contribution in [2.24, 2.45) is 0 Å². The van der Waals surface area contributed by atoms with Crippen LogP contribution >= 0.6 is 11.6 Å². The number of halogens is 1. The van der Waals surface area contributed by atoms with Gasteiger partial charge in [-0.25, -0.2) is 0 Å². The molecule has 0 spiro atoms. The fourth-order valence-corrected chi connectivity index (χ4v) is 3.35. The van der Waals surface area contributed by atoms with E-state index in [0.717, 1.165) is 25.3 Å². The average molecular weight is 373 g/mol. The highest BCUT2D eigenvalue weighted by Gasteiger charge is 2.16. The van der Waals surface area contributed by atoms with Crippen LogP contribution in [0.1, 0.15) is 31.7 Å². The minimum absolute atomic E-state index is 0.180. The molecule has 1 amide bonds. The van der Waals surface area contributed by atoms with Gasteiger partial charge in [-0.05, 0) is 68.8 Å². The summed E-state index contributed by atoms with van der Waals surface area (Å²) in [4.78, 5) is 14.9. The summed E-state index contributed by atoms with van der Waals surface area (Å²) in [6.45, 7) is 4.97. The number of anilines is 1. The zero-order valence-electron chi connectivity index (χ0n) is 15.1. The Hall–Kier alpha value is -2.04. The van der Waals surface area contributed by atoms with E-state index in [2.05, 4.69) is 16.3 Å². The second kappa shape index (κ2) is 9.06. The molecule has 1 aliphatic heterocycles. The third kappa shape index (κ3) is 5.48. The van der Waals surface area contributed by atoms with E-state index in [4.69, 9.17) is 16.3 Å². The number of piperidine rings is 1. The van der Waals surface area contributed by atoms with E-state index < -0.39 is 6.10 Å². The topological polar surface area (TPSA) is 41.6 Å². The molecule has 3 rings (SSSR count). The van der Waals surface area contributed by atoms with Gasteiger partial charge in [-0.1, -0.05) is 36.2 Å². The van der Waals surface area contributed by atoms with Gasteiger partial charge in [-0.15, -0.1) is 0 Å². The number of carbonyl (C=O) groups is 1. The maximum atomic E-state index is 12.4.